The fourth-order valence-corrected chi connectivity index (χ4v) is 8.30. The van der Waals surface area contributed by atoms with Gasteiger partial charge in [-0.3, -0.25) is 0 Å². The van der Waals surface area contributed by atoms with Gasteiger partial charge in [-0.1, -0.05) is 156 Å². The lowest BCUT2D eigenvalue weighted by atomic mass is 9.63. The first-order valence-electron chi connectivity index (χ1n) is 21.5. The molecule has 0 fully saturated rings. The fourth-order valence-electron chi connectivity index (χ4n) is 8.30. The van der Waals surface area contributed by atoms with Crippen LogP contribution in [-0.4, -0.2) is 24.6 Å². The van der Waals surface area contributed by atoms with Gasteiger partial charge in [-0.15, -0.1) is 0 Å². The van der Waals surface area contributed by atoms with E-state index < -0.39 is 11.7 Å². The molecule has 312 valence electrons. The average Bonchev–Trinajstić information content (AvgIpc) is 3.15. The van der Waals surface area contributed by atoms with Crippen molar-refractivity contribution in [1.29, 1.82) is 0 Å². The molecule has 0 aliphatic heterocycles. The molecule has 1 N–H and O–H groups in total. The Kier molecular flexibility index (Phi) is 15.6. The first-order valence-corrected chi connectivity index (χ1v) is 21.5. The Labute approximate surface area is 347 Å². The zero-order valence-corrected chi connectivity index (χ0v) is 37.8. The summed E-state index contributed by atoms with van der Waals surface area (Å²) in [6, 6.07) is 37.4. The van der Waals surface area contributed by atoms with Gasteiger partial charge in [0.1, 0.15) is 17.2 Å². The predicted octanol–water partition coefficient (Wildman–Crippen LogP) is 14.8. The quantitative estimate of drug-likeness (QED) is 0.0717. The molecule has 0 aliphatic rings. The van der Waals surface area contributed by atoms with Crippen molar-refractivity contribution in [3.05, 3.63) is 126 Å². The highest BCUT2D eigenvalue weighted by atomic mass is 16.7. The Morgan fingerprint density at radius 3 is 1.65 bits per heavy atom. The molecule has 0 aromatic heterocycles. The van der Waals surface area contributed by atoms with Crippen LogP contribution in [0.5, 0.6) is 17.2 Å². The van der Waals surface area contributed by atoms with Crippen LogP contribution in [0.1, 0.15) is 151 Å². The molecule has 0 saturated heterocycles. The van der Waals surface area contributed by atoms with Crippen molar-refractivity contribution < 1.29 is 19.3 Å². The van der Waals surface area contributed by atoms with E-state index in [4.69, 9.17) is 14.2 Å². The third-order valence-corrected chi connectivity index (χ3v) is 12.5. The van der Waals surface area contributed by atoms with Gasteiger partial charge in [0.2, 0.25) is 6.29 Å². The predicted molar refractivity (Wildman–Crippen MR) is 241 cm³/mol. The van der Waals surface area contributed by atoms with Gasteiger partial charge in [0.15, 0.2) is 0 Å². The van der Waals surface area contributed by atoms with E-state index in [0.29, 0.717) is 30.8 Å². The Bertz CT molecular complexity index is 1740. The number of phenols is 1. The van der Waals surface area contributed by atoms with Gasteiger partial charge < -0.3 is 19.3 Å². The summed E-state index contributed by atoms with van der Waals surface area (Å²) >= 11 is 0. The number of benzene rings is 4. The zero-order chi connectivity index (χ0) is 42.1. The molecule has 0 radical (unpaired) electrons. The molecule has 0 amide bonds. The molecule has 4 heteroatoms. The van der Waals surface area contributed by atoms with E-state index in [-0.39, 0.29) is 27.6 Å². The number of hydrogen-bond donors (Lipinski definition) is 1. The molecule has 0 spiro atoms. The number of phenolic OH excluding ortho intramolecular Hbond substituents is 1. The summed E-state index contributed by atoms with van der Waals surface area (Å²) < 4.78 is 19.6. The van der Waals surface area contributed by atoms with Crippen molar-refractivity contribution in [2.24, 2.45) is 27.6 Å². The van der Waals surface area contributed by atoms with E-state index in [2.05, 4.69) is 157 Å². The number of ether oxygens (including phenoxy) is 3. The van der Waals surface area contributed by atoms with Gasteiger partial charge >= 0.3 is 0 Å². The van der Waals surface area contributed by atoms with Crippen LogP contribution >= 0.6 is 0 Å². The lowest BCUT2D eigenvalue weighted by molar-refractivity contribution is -0.138. The first-order chi connectivity index (χ1) is 26.6. The minimum atomic E-state index is -0.495. The average molecular weight is 777 g/mol. The van der Waals surface area contributed by atoms with Crippen LogP contribution in [0.2, 0.25) is 0 Å². The molecule has 4 rings (SSSR count). The Morgan fingerprint density at radius 1 is 0.561 bits per heavy atom. The lowest BCUT2D eigenvalue weighted by Gasteiger charge is -2.42. The van der Waals surface area contributed by atoms with Gasteiger partial charge in [-0.25, -0.2) is 0 Å². The highest BCUT2D eigenvalue weighted by molar-refractivity contribution is 5.33. The maximum Gasteiger partial charge on any atom is 0.209 e. The lowest BCUT2D eigenvalue weighted by Crippen LogP contribution is -2.47. The molecule has 57 heavy (non-hydrogen) atoms. The number of para-hydroxylation sites is 1. The normalized spacial score (nSPS) is 15.5. The SMILES string of the molecule is CC(C)C(C)(c1ccccc1)C(OCCCOc1ccccc1)Oc1ccc(C(CC(C)(C)C)C(C)(C)CCC(C)(C)CC(c2ccc(O)cc2)C(C)(C)C)cc1. The Morgan fingerprint density at radius 2 is 1.11 bits per heavy atom. The first kappa shape index (κ1) is 45.9. The molecular formula is C53H76O4. The van der Waals surface area contributed by atoms with Crippen LogP contribution in [0.3, 0.4) is 0 Å². The van der Waals surface area contributed by atoms with Crippen LogP contribution in [0.25, 0.3) is 0 Å². The zero-order valence-electron chi connectivity index (χ0n) is 37.8. The second-order valence-electron chi connectivity index (χ2n) is 20.9. The number of rotatable bonds is 20. The van der Waals surface area contributed by atoms with Crippen LogP contribution in [0.15, 0.2) is 109 Å². The molecule has 0 aliphatic carbocycles. The van der Waals surface area contributed by atoms with Gasteiger partial charge in [0.25, 0.3) is 0 Å². The van der Waals surface area contributed by atoms with Crippen molar-refractivity contribution in [3.8, 4) is 17.2 Å². The van der Waals surface area contributed by atoms with Crippen molar-refractivity contribution in [2.45, 2.75) is 146 Å². The molecule has 4 unspecified atom stereocenters. The molecular weight excluding hydrogens is 701 g/mol. The Hall–Kier alpha value is -3.76. The summed E-state index contributed by atoms with van der Waals surface area (Å²) in [5, 5.41) is 9.98. The van der Waals surface area contributed by atoms with Gasteiger partial charge in [-0.2, -0.15) is 0 Å². The highest BCUT2D eigenvalue weighted by Crippen LogP contribution is 2.50. The molecule has 4 aromatic carbocycles. The van der Waals surface area contributed by atoms with Crippen molar-refractivity contribution in [2.75, 3.05) is 13.2 Å². The maximum atomic E-state index is 9.98. The van der Waals surface area contributed by atoms with Gasteiger partial charge in [-0.05, 0) is 125 Å². The molecule has 0 heterocycles. The summed E-state index contributed by atoms with van der Waals surface area (Å²) in [4.78, 5) is 0. The summed E-state index contributed by atoms with van der Waals surface area (Å²) in [5.41, 5.74) is 3.97. The van der Waals surface area contributed by atoms with E-state index in [9.17, 15) is 5.11 Å². The van der Waals surface area contributed by atoms with E-state index in [1.54, 1.807) is 0 Å². The molecule has 4 atom stereocenters. The largest absolute Gasteiger partial charge is 0.508 e. The highest BCUT2D eigenvalue weighted by Gasteiger charge is 2.42. The van der Waals surface area contributed by atoms with Crippen molar-refractivity contribution in [3.63, 3.8) is 0 Å². The second kappa shape index (κ2) is 19.3. The number of hydrogen-bond acceptors (Lipinski definition) is 4. The summed E-state index contributed by atoms with van der Waals surface area (Å²) in [6.07, 6.45) is 4.70. The molecule has 4 aromatic rings. The van der Waals surface area contributed by atoms with E-state index in [1.807, 2.05) is 42.5 Å². The van der Waals surface area contributed by atoms with Crippen molar-refractivity contribution >= 4 is 0 Å². The topological polar surface area (TPSA) is 47.9 Å². The molecule has 4 nitrogen and oxygen atoms in total. The van der Waals surface area contributed by atoms with E-state index in [1.165, 1.54) is 16.7 Å². The van der Waals surface area contributed by atoms with E-state index >= 15 is 0 Å². The summed E-state index contributed by atoms with van der Waals surface area (Å²) in [5.74, 6) is 3.04. The maximum absolute atomic E-state index is 9.98. The molecule has 0 saturated carbocycles. The molecule has 0 bridgehead atoms. The third kappa shape index (κ3) is 13.4. The van der Waals surface area contributed by atoms with Gasteiger partial charge in [0, 0.05) is 6.42 Å². The standard InChI is InChI=1S/C53H76O4/c1-39(2)53(13,42-21-16-14-17-22-42)48(56-36-20-35-55-44-23-18-15-19-24-44)57-45-31-27-41(28-32-45)47(37-49(3,4)5)52(11,12)34-33-51(9,10)38-46(50(6,7)8)40-25-29-43(54)30-26-40/h14-19,21-32,39,46-48,54H,20,33-38H2,1-13H3. The minimum absolute atomic E-state index is 0.0691. The summed E-state index contributed by atoms with van der Waals surface area (Å²) in [7, 11) is 0. The fraction of sp³-hybridized carbons (Fsp3) is 0.547. The van der Waals surface area contributed by atoms with Crippen LogP contribution in [0, 0.1) is 27.6 Å². The minimum Gasteiger partial charge on any atom is -0.508 e. The summed E-state index contributed by atoms with van der Waals surface area (Å²) in [6.45, 7) is 31.9. The van der Waals surface area contributed by atoms with Crippen LogP contribution in [-0.2, 0) is 10.2 Å². The smallest absolute Gasteiger partial charge is 0.209 e. The van der Waals surface area contributed by atoms with E-state index in [0.717, 1.165) is 43.6 Å². The number of aromatic hydroxyl groups is 1. The van der Waals surface area contributed by atoms with Crippen molar-refractivity contribution in [1.82, 2.24) is 0 Å². The third-order valence-electron chi connectivity index (χ3n) is 12.5. The van der Waals surface area contributed by atoms with Gasteiger partial charge in [0.05, 0.1) is 18.6 Å². The van der Waals surface area contributed by atoms with Crippen LogP contribution < -0.4 is 9.47 Å². The Balaban J connectivity index is 1.54. The monoisotopic (exact) mass is 777 g/mol. The second-order valence-corrected chi connectivity index (χ2v) is 20.9. The van der Waals surface area contributed by atoms with Crippen LogP contribution in [0.4, 0.5) is 0 Å².